The van der Waals surface area contributed by atoms with Crippen molar-refractivity contribution in [2.75, 3.05) is 14.2 Å². The number of hydrogen-bond acceptors (Lipinski definition) is 5. The van der Waals surface area contributed by atoms with E-state index in [1.807, 2.05) is 19.9 Å². The molecular formula is C21H23NO5S. The predicted octanol–water partition coefficient (Wildman–Crippen LogP) is 2.90. The maximum absolute atomic E-state index is 13.5. The number of para-hydroxylation sites is 1. The van der Waals surface area contributed by atoms with Gasteiger partial charge in [0.2, 0.25) is 5.91 Å². The third kappa shape index (κ3) is 2.60. The van der Waals surface area contributed by atoms with Crippen molar-refractivity contribution < 1.29 is 22.7 Å². The van der Waals surface area contributed by atoms with E-state index >= 15 is 0 Å². The molecule has 1 amide bonds. The number of carbonyl (C=O) groups excluding carboxylic acids is 1. The van der Waals surface area contributed by atoms with Gasteiger partial charge in [0, 0.05) is 24.9 Å². The van der Waals surface area contributed by atoms with Crippen LogP contribution in [0.1, 0.15) is 30.4 Å². The molecule has 0 radical (unpaired) electrons. The van der Waals surface area contributed by atoms with E-state index in [0.29, 0.717) is 23.5 Å². The average molecular weight is 401 g/mol. The van der Waals surface area contributed by atoms with Gasteiger partial charge in [-0.25, -0.2) is 8.42 Å². The summed E-state index contributed by atoms with van der Waals surface area (Å²) in [6, 6.07) is 12.0. The number of hydrogen-bond donors (Lipinski definition) is 0. The second kappa shape index (κ2) is 6.24. The van der Waals surface area contributed by atoms with Crippen LogP contribution in [0.2, 0.25) is 0 Å². The summed E-state index contributed by atoms with van der Waals surface area (Å²) < 4.78 is 38.6. The van der Waals surface area contributed by atoms with Crippen molar-refractivity contribution in [3.05, 3.63) is 53.6 Å². The Balaban J connectivity index is 1.91. The van der Waals surface area contributed by atoms with Crippen molar-refractivity contribution in [1.29, 1.82) is 0 Å². The van der Waals surface area contributed by atoms with Crippen molar-refractivity contribution in [2.24, 2.45) is 0 Å². The highest BCUT2D eigenvalue weighted by Crippen LogP contribution is 2.52. The Morgan fingerprint density at radius 1 is 1.18 bits per heavy atom. The van der Waals surface area contributed by atoms with E-state index in [1.165, 1.54) is 4.90 Å². The zero-order valence-corrected chi connectivity index (χ0v) is 17.1. The highest BCUT2D eigenvalue weighted by molar-refractivity contribution is 7.92. The van der Waals surface area contributed by atoms with Gasteiger partial charge >= 0.3 is 0 Å². The van der Waals surface area contributed by atoms with E-state index in [2.05, 4.69) is 0 Å². The minimum absolute atomic E-state index is 0.157. The van der Waals surface area contributed by atoms with Crippen molar-refractivity contribution in [3.63, 3.8) is 0 Å². The first-order valence-electron chi connectivity index (χ1n) is 9.13. The van der Waals surface area contributed by atoms with Gasteiger partial charge in [-0.3, -0.25) is 4.79 Å². The molecule has 2 aromatic rings. The lowest BCUT2D eigenvalue weighted by Gasteiger charge is -2.51. The molecule has 2 bridgehead atoms. The molecule has 1 saturated heterocycles. The zero-order valence-electron chi connectivity index (χ0n) is 16.3. The molecule has 0 spiro atoms. The van der Waals surface area contributed by atoms with E-state index in [1.54, 1.807) is 50.6 Å². The normalized spacial score (nSPS) is 26.4. The Labute approximate surface area is 165 Å². The summed E-state index contributed by atoms with van der Waals surface area (Å²) in [4.78, 5) is 14.8. The molecule has 4 rings (SSSR count). The molecule has 0 aromatic heterocycles. The molecule has 28 heavy (non-hydrogen) atoms. The van der Waals surface area contributed by atoms with Gasteiger partial charge in [0.05, 0.1) is 12.0 Å². The van der Waals surface area contributed by atoms with Gasteiger partial charge in [-0.1, -0.05) is 29.8 Å². The largest absolute Gasteiger partial charge is 0.493 e. The highest BCUT2D eigenvalue weighted by Gasteiger charge is 2.57. The quantitative estimate of drug-likeness (QED) is 0.791. The summed E-state index contributed by atoms with van der Waals surface area (Å²) in [6.07, 6.45) is 0.394. The zero-order chi connectivity index (χ0) is 20.3. The molecule has 2 aliphatic heterocycles. The fourth-order valence-electron chi connectivity index (χ4n) is 4.17. The lowest BCUT2D eigenvalue weighted by molar-refractivity contribution is -0.160. The van der Waals surface area contributed by atoms with E-state index in [0.717, 1.165) is 5.56 Å². The number of aryl methyl sites for hydroxylation is 1. The average Bonchev–Trinajstić information content (AvgIpc) is 2.66. The number of rotatable bonds is 3. The smallest absolute Gasteiger partial charge is 0.244 e. The first kappa shape index (κ1) is 18.8. The number of benzene rings is 2. The van der Waals surface area contributed by atoms with Crippen LogP contribution in [-0.2, 0) is 14.6 Å². The summed E-state index contributed by atoms with van der Waals surface area (Å²) in [6.45, 7) is 3.70. The Morgan fingerprint density at radius 2 is 1.86 bits per heavy atom. The molecule has 0 saturated carbocycles. The molecule has 2 heterocycles. The number of carbonyl (C=O) groups is 1. The van der Waals surface area contributed by atoms with Crippen molar-refractivity contribution >= 4 is 15.7 Å². The second-order valence-electron chi connectivity index (χ2n) is 7.64. The lowest BCUT2D eigenvalue weighted by Crippen LogP contribution is -2.64. The van der Waals surface area contributed by atoms with Gasteiger partial charge in [-0.2, -0.15) is 0 Å². The first-order chi connectivity index (χ1) is 13.2. The standard InChI is InChI=1S/C21H23NO5S/c1-13-8-10-14(11-9-13)28(24,25)19-16-12-21(2,22(3)20(19)23)27-18-15(16)6-5-7-17(18)26-4/h5-11,16,19H,12H2,1-4H3. The summed E-state index contributed by atoms with van der Waals surface area (Å²) in [7, 11) is -0.752. The Morgan fingerprint density at radius 3 is 2.50 bits per heavy atom. The summed E-state index contributed by atoms with van der Waals surface area (Å²) in [5, 5.41) is -1.21. The SMILES string of the molecule is COc1cccc2c1OC1(C)CC2C(S(=O)(=O)c2ccc(C)cc2)C(=O)N1C. The predicted molar refractivity (Wildman–Crippen MR) is 104 cm³/mol. The second-order valence-corrected chi connectivity index (χ2v) is 9.71. The summed E-state index contributed by atoms with van der Waals surface area (Å²) in [5.74, 6) is 0.0708. The number of methoxy groups -OCH3 is 1. The van der Waals surface area contributed by atoms with Crippen LogP contribution in [0.3, 0.4) is 0 Å². The number of likely N-dealkylation sites (tertiary alicyclic amines) is 1. The van der Waals surface area contributed by atoms with E-state index in [9.17, 15) is 13.2 Å². The van der Waals surface area contributed by atoms with Crippen LogP contribution >= 0.6 is 0 Å². The topological polar surface area (TPSA) is 72.9 Å². The molecule has 3 unspecified atom stereocenters. The van der Waals surface area contributed by atoms with E-state index < -0.39 is 32.6 Å². The van der Waals surface area contributed by atoms with Crippen LogP contribution in [0.4, 0.5) is 0 Å². The molecule has 148 valence electrons. The molecule has 0 aliphatic carbocycles. The number of amides is 1. The van der Waals surface area contributed by atoms with E-state index in [-0.39, 0.29) is 4.90 Å². The van der Waals surface area contributed by atoms with Gasteiger partial charge < -0.3 is 14.4 Å². The molecule has 6 nitrogen and oxygen atoms in total. The van der Waals surface area contributed by atoms with Crippen molar-refractivity contribution in [1.82, 2.24) is 4.90 Å². The third-order valence-electron chi connectivity index (χ3n) is 5.88. The third-order valence-corrected chi connectivity index (χ3v) is 8.01. The molecule has 2 aliphatic rings. The number of sulfone groups is 1. The number of piperidine rings is 1. The van der Waals surface area contributed by atoms with Crippen LogP contribution < -0.4 is 9.47 Å². The van der Waals surface area contributed by atoms with Crippen LogP contribution in [0, 0.1) is 6.92 Å². The summed E-state index contributed by atoms with van der Waals surface area (Å²) >= 11 is 0. The summed E-state index contributed by atoms with van der Waals surface area (Å²) in [5.41, 5.74) is 0.724. The van der Waals surface area contributed by atoms with Crippen LogP contribution in [0.15, 0.2) is 47.4 Å². The van der Waals surface area contributed by atoms with Crippen LogP contribution in [0.25, 0.3) is 0 Å². The lowest BCUT2D eigenvalue weighted by atomic mass is 9.80. The number of ether oxygens (including phenoxy) is 2. The van der Waals surface area contributed by atoms with Gasteiger partial charge in [0.25, 0.3) is 0 Å². The molecule has 2 aromatic carbocycles. The molecule has 7 heteroatoms. The van der Waals surface area contributed by atoms with Gasteiger partial charge in [0.1, 0.15) is 0 Å². The van der Waals surface area contributed by atoms with E-state index in [4.69, 9.17) is 9.47 Å². The fraction of sp³-hybridized carbons (Fsp3) is 0.381. The van der Waals surface area contributed by atoms with Crippen LogP contribution in [0.5, 0.6) is 11.5 Å². The Kier molecular flexibility index (Phi) is 4.19. The maximum Gasteiger partial charge on any atom is 0.244 e. The van der Waals surface area contributed by atoms with Gasteiger partial charge in [-0.15, -0.1) is 0 Å². The van der Waals surface area contributed by atoms with Gasteiger partial charge in [0.15, 0.2) is 32.3 Å². The van der Waals surface area contributed by atoms with Crippen molar-refractivity contribution in [2.45, 2.75) is 42.1 Å². The minimum atomic E-state index is -3.89. The Bertz CT molecular complexity index is 1050. The molecule has 0 N–H and O–H groups in total. The fourth-order valence-corrected chi connectivity index (χ4v) is 6.08. The molecular weight excluding hydrogens is 378 g/mol. The molecule has 3 atom stereocenters. The minimum Gasteiger partial charge on any atom is -0.493 e. The molecule has 1 fully saturated rings. The first-order valence-corrected chi connectivity index (χ1v) is 10.7. The highest BCUT2D eigenvalue weighted by atomic mass is 32.2. The van der Waals surface area contributed by atoms with Crippen LogP contribution in [-0.4, -0.2) is 44.4 Å². The number of fused-ring (bicyclic) bond motifs is 4. The Hall–Kier alpha value is -2.54. The maximum atomic E-state index is 13.5. The van der Waals surface area contributed by atoms with Crippen molar-refractivity contribution in [3.8, 4) is 11.5 Å². The monoisotopic (exact) mass is 401 g/mol. The number of nitrogens with zero attached hydrogens (tertiary/aromatic N) is 1. The van der Waals surface area contributed by atoms with Gasteiger partial charge in [-0.05, 0) is 32.0 Å².